The summed E-state index contributed by atoms with van der Waals surface area (Å²) in [7, 11) is 1.58. The molecule has 0 radical (unpaired) electrons. The number of hydrogen-bond acceptors (Lipinski definition) is 1. The third-order valence-corrected chi connectivity index (χ3v) is 0.715. The third-order valence-electron chi connectivity index (χ3n) is 0.715. The van der Waals surface area contributed by atoms with Crippen LogP contribution in [0.4, 0.5) is 4.39 Å². The van der Waals surface area contributed by atoms with Crippen molar-refractivity contribution in [3.05, 3.63) is 0 Å². The van der Waals surface area contributed by atoms with Crippen LogP contribution < -0.4 is 0 Å². The second-order valence-electron chi connectivity index (χ2n) is 1.71. The van der Waals surface area contributed by atoms with Gasteiger partial charge in [0, 0.05) is 13.0 Å². The second-order valence-corrected chi connectivity index (χ2v) is 1.71. The second kappa shape index (κ2) is 4.06. The average Bonchev–Trinajstić information content (AvgIpc) is 1.68. The molecular formula is C5H11FO. The molecule has 0 heterocycles. The first kappa shape index (κ1) is 6.89. The zero-order chi connectivity index (χ0) is 5.70. The quantitative estimate of drug-likeness (QED) is 0.526. The molecule has 0 unspecified atom stereocenters. The maximum absolute atomic E-state index is 11.5. The van der Waals surface area contributed by atoms with Crippen LogP contribution in [-0.4, -0.2) is 20.4 Å². The minimum atomic E-state index is -0.284. The number of ether oxygens (including phenoxy) is 1. The number of methoxy groups -OCH3 is 1. The largest absolute Gasteiger partial charge is 0.384 e. The summed E-state index contributed by atoms with van der Waals surface area (Å²) in [6, 6.07) is 0. The predicted octanol–water partition coefficient (Wildman–Crippen LogP) is 1.24. The summed E-state index contributed by atoms with van der Waals surface area (Å²) >= 11 is 0. The van der Waals surface area contributed by atoms with Gasteiger partial charge >= 0.3 is 0 Å². The number of rotatable bonds is 3. The molecule has 0 saturated heterocycles. The summed E-state index contributed by atoms with van der Waals surface area (Å²) in [6.45, 7) is 2.05. The minimum absolute atomic E-state index is 0.0602. The van der Waals surface area contributed by atoms with Crippen LogP contribution in [0.3, 0.4) is 0 Å². The van der Waals surface area contributed by atoms with E-state index in [0.29, 0.717) is 6.61 Å². The van der Waals surface area contributed by atoms with E-state index in [1.807, 2.05) is 6.92 Å². The van der Waals surface area contributed by atoms with Gasteiger partial charge in [-0.2, -0.15) is 0 Å². The lowest BCUT2D eigenvalue weighted by Gasteiger charge is -2.01. The molecule has 0 aliphatic rings. The zero-order valence-corrected chi connectivity index (χ0v) is 4.78. The molecule has 0 aliphatic heterocycles. The van der Waals surface area contributed by atoms with E-state index in [0.717, 1.165) is 0 Å². The topological polar surface area (TPSA) is 9.23 Å². The van der Waals surface area contributed by atoms with E-state index in [-0.39, 0.29) is 12.6 Å². The van der Waals surface area contributed by atoms with Gasteiger partial charge in [0.15, 0.2) is 0 Å². The van der Waals surface area contributed by atoms with Gasteiger partial charge in [-0.1, -0.05) is 6.92 Å². The fraction of sp³-hybridized carbons (Fsp3) is 1.00. The van der Waals surface area contributed by atoms with Crippen LogP contribution in [0.25, 0.3) is 0 Å². The summed E-state index contributed by atoms with van der Waals surface area (Å²) in [5.41, 5.74) is 0. The first-order valence-corrected chi connectivity index (χ1v) is 2.36. The number of halogens is 1. The molecule has 0 amide bonds. The molecule has 0 aromatic heterocycles. The van der Waals surface area contributed by atoms with E-state index in [2.05, 4.69) is 4.74 Å². The molecule has 0 bridgehead atoms. The Bertz CT molecular complexity index is 39.1. The highest BCUT2D eigenvalue weighted by atomic mass is 19.1. The van der Waals surface area contributed by atoms with Crippen LogP contribution in [-0.2, 0) is 4.74 Å². The van der Waals surface area contributed by atoms with Crippen molar-refractivity contribution in [2.75, 3.05) is 20.4 Å². The highest BCUT2D eigenvalue weighted by Crippen LogP contribution is 1.93. The highest BCUT2D eigenvalue weighted by molar-refractivity contribution is 4.44. The van der Waals surface area contributed by atoms with Crippen LogP contribution >= 0.6 is 0 Å². The number of hydrogen-bond donors (Lipinski definition) is 0. The van der Waals surface area contributed by atoms with Crippen LogP contribution in [0.15, 0.2) is 0 Å². The van der Waals surface area contributed by atoms with Crippen molar-refractivity contribution in [1.29, 1.82) is 0 Å². The lowest BCUT2D eigenvalue weighted by molar-refractivity contribution is 0.145. The summed E-state index contributed by atoms with van der Waals surface area (Å²) in [6.07, 6.45) is 0. The Labute approximate surface area is 43.5 Å². The fourth-order valence-corrected chi connectivity index (χ4v) is 0.329. The summed E-state index contributed by atoms with van der Waals surface area (Å²) in [5, 5.41) is 0. The van der Waals surface area contributed by atoms with Gasteiger partial charge in [-0.05, 0) is 0 Å². The lowest BCUT2D eigenvalue weighted by Crippen LogP contribution is -2.04. The Kier molecular flexibility index (Phi) is 4.00. The first-order chi connectivity index (χ1) is 3.31. The van der Waals surface area contributed by atoms with Gasteiger partial charge < -0.3 is 4.74 Å². The predicted molar refractivity (Wildman–Crippen MR) is 27.0 cm³/mol. The van der Waals surface area contributed by atoms with Gasteiger partial charge in [0.2, 0.25) is 0 Å². The van der Waals surface area contributed by atoms with Crippen LogP contribution in [0.1, 0.15) is 6.92 Å². The Morgan fingerprint density at radius 1 is 1.71 bits per heavy atom. The van der Waals surface area contributed by atoms with E-state index in [9.17, 15) is 4.39 Å². The van der Waals surface area contributed by atoms with Gasteiger partial charge in [0.1, 0.15) is 0 Å². The van der Waals surface area contributed by atoms with Gasteiger partial charge in [-0.25, -0.2) is 0 Å². The molecule has 44 valence electrons. The molecule has 0 aromatic rings. The van der Waals surface area contributed by atoms with Gasteiger partial charge in [0.25, 0.3) is 0 Å². The number of alkyl halides is 1. The first-order valence-electron chi connectivity index (χ1n) is 2.36. The van der Waals surface area contributed by atoms with E-state index >= 15 is 0 Å². The molecule has 0 N–H and O–H groups in total. The molecule has 0 saturated carbocycles. The van der Waals surface area contributed by atoms with E-state index in [1.165, 1.54) is 0 Å². The standard InChI is InChI=1S/C5H11FO/c1-5(3-6)4-7-2/h5H,3-4H2,1-2H3/t5-/m1/s1. The Hall–Kier alpha value is -0.110. The molecule has 0 rings (SSSR count). The normalized spacial score (nSPS) is 14.1. The summed E-state index contributed by atoms with van der Waals surface area (Å²) < 4.78 is 16.1. The monoisotopic (exact) mass is 106 g/mol. The van der Waals surface area contributed by atoms with Crippen molar-refractivity contribution in [2.24, 2.45) is 5.92 Å². The van der Waals surface area contributed by atoms with Crippen LogP contribution in [0.2, 0.25) is 0 Å². The van der Waals surface area contributed by atoms with Crippen molar-refractivity contribution in [2.45, 2.75) is 6.92 Å². The van der Waals surface area contributed by atoms with Gasteiger partial charge in [-0.3, -0.25) is 4.39 Å². The molecule has 1 nitrogen and oxygen atoms in total. The molecule has 0 aliphatic carbocycles. The Morgan fingerprint density at radius 2 is 2.29 bits per heavy atom. The Morgan fingerprint density at radius 3 is 2.43 bits per heavy atom. The van der Waals surface area contributed by atoms with Crippen molar-refractivity contribution in [3.8, 4) is 0 Å². The van der Waals surface area contributed by atoms with Crippen molar-refractivity contribution >= 4 is 0 Å². The Balaban J connectivity index is 2.83. The molecule has 1 atom stereocenters. The van der Waals surface area contributed by atoms with E-state index in [4.69, 9.17) is 0 Å². The molecular weight excluding hydrogens is 95.1 g/mol. The summed E-state index contributed by atoms with van der Waals surface area (Å²) in [4.78, 5) is 0. The minimum Gasteiger partial charge on any atom is -0.384 e. The lowest BCUT2D eigenvalue weighted by atomic mass is 10.2. The zero-order valence-electron chi connectivity index (χ0n) is 4.78. The maximum atomic E-state index is 11.5. The van der Waals surface area contributed by atoms with Gasteiger partial charge in [0.05, 0.1) is 13.3 Å². The average molecular weight is 106 g/mol. The highest BCUT2D eigenvalue weighted by Gasteiger charge is 1.96. The maximum Gasteiger partial charge on any atom is 0.0941 e. The molecule has 0 spiro atoms. The molecule has 0 aromatic carbocycles. The fourth-order valence-electron chi connectivity index (χ4n) is 0.329. The van der Waals surface area contributed by atoms with E-state index in [1.54, 1.807) is 7.11 Å². The molecule has 2 heteroatoms. The van der Waals surface area contributed by atoms with Crippen molar-refractivity contribution in [1.82, 2.24) is 0 Å². The summed E-state index contributed by atoms with van der Waals surface area (Å²) in [5.74, 6) is 0.0602. The van der Waals surface area contributed by atoms with Gasteiger partial charge in [-0.15, -0.1) is 0 Å². The van der Waals surface area contributed by atoms with Crippen LogP contribution in [0.5, 0.6) is 0 Å². The van der Waals surface area contributed by atoms with E-state index < -0.39 is 0 Å². The smallest absolute Gasteiger partial charge is 0.0941 e. The SMILES string of the molecule is COC[C@H](C)CF. The van der Waals surface area contributed by atoms with Crippen molar-refractivity contribution < 1.29 is 9.13 Å². The van der Waals surface area contributed by atoms with Crippen molar-refractivity contribution in [3.63, 3.8) is 0 Å². The molecule has 7 heavy (non-hydrogen) atoms. The third kappa shape index (κ3) is 3.73. The van der Waals surface area contributed by atoms with Crippen LogP contribution in [0, 0.1) is 5.92 Å². The molecule has 0 fully saturated rings.